The van der Waals surface area contributed by atoms with Crippen LogP contribution in [0.25, 0.3) is 0 Å². The van der Waals surface area contributed by atoms with Crippen LogP contribution in [0.2, 0.25) is 0 Å². The van der Waals surface area contributed by atoms with Gasteiger partial charge in [-0.1, -0.05) is 43.2 Å². The van der Waals surface area contributed by atoms with Crippen LogP contribution in [0, 0.1) is 11.8 Å². The van der Waals surface area contributed by atoms with Crippen molar-refractivity contribution in [2.24, 2.45) is 11.8 Å². The van der Waals surface area contributed by atoms with Gasteiger partial charge in [0.15, 0.2) is 0 Å². The number of nitrogens with one attached hydrogen (secondary N) is 1. The van der Waals surface area contributed by atoms with E-state index in [2.05, 4.69) is 22.3 Å². The maximum absolute atomic E-state index is 13.8. The second-order valence-corrected chi connectivity index (χ2v) is 11.1. The lowest BCUT2D eigenvalue weighted by molar-refractivity contribution is -0.137. The van der Waals surface area contributed by atoms with E-state index in [1.807, 2.05) is 30.0 Å². The lowest BCUT2D eigenvalue weighted by Crippen LogP contribution is -2.55. The number of hydrogen-bond acceptors (Lipinski definition) is 5. The molecule has 1 aromatic rings. The van der Waals surface area contributed by atoms with E-state index in [0.29, 0.717) is 45.3 Å². The van der Waals surface area contributed by atoms with E-state index >= 15 is 0 Å². The highest BCUT2D eigenvalue weighted by atomic mass is 16.5. The third-order valence-electron chi connectivity index (χ3n) is 8.96. The number of nitrogens with zero attached hydrogens (tertiary/aromatic N) is 3. The highest BCUT2D eigenvalue weighted by Gasteiger charge is 2.53. The summed E-state index contributed by atoms with van der Waals surface area (Å²) < 4.78 is 5.39. The topological polar surface area (TPSA) is 82.2 Å². The molecule has 0 radical (unpaired) electrons. The molecule has 36 heavy (non-hydrogen) atoms. The Kier molecular flexibility index (Phi) is 7.62. The molecule has 2 atom stereocenters. The smallest absolute Gasteiger partial charge is 0.325 e. The maximum Gasteiger partial charge on any atom is 0.325 e. The van der Waals surface area contributed by atoms with Gasteiger partial charge in [-0.15, -0.1) is 0 Å². The van der Waals surface area contributed by atoms with Crippen molar-refractivity contribution in [3.63, 3.8) is 0 Å². The van der Waals surface area contributed by atoms with Gasteiger partial charge in [-0.25, -0.2) is 4.79 Å². The Hall–Kier alpha value is -2.45. The van der Waals surface area contributed by atoms with E-state index in [4.69, 9.17) is 4.74 Å². The van der Waals surface area contributed by atoms with E-state index in [0.717, 1.165) is 44.3 Å². The molecule has 8 heteroatoms. The Balaban J connectivity index is 1.20. The van der Waals surface area contributed by atoms with Crippen LogP contribution in [0.15, 0.2) is 30.3 Å². The molecular weight excluding hydrogens is 456 g/mol. The number of morpholine rings is 1. The SMILES string of the molecule is C[C@]1(C2CCN(C(=O)[C@H](c3ccccc3)C3CCCC3)CC2)NC(=O)N(CCN2CCOCC2)C1=O. The number of carbonyl (C=O) groups excluding carboxylic acids is 3. The van der Waals surface area contributed by atoms with Crippen molar-refractivity contribution in [3.8, 4) is 0 Å². The van der Waals surface area contributed by atoms with Crippen molar-refractivity contribution >= 4 is 17.8 Å². The molecule has 3 heterocycles. The van der Waals surface area contributed by atoms with E-state index < -0.39 is 5.54 Å². The van der Waals surface area contributed by atoms with Crippen molar-refractivity contribution in [1.29, 1.82) is 0 Å². The number of imide groups is 1. The predicted molar refractivity (Wildman–Crippen MR) is 136 cm³/mol. The predicted octanol–water partition coefficient (Wildman–Crippen LogP) is 2.84. The van der Waals surface area contributed by atoms with Gasteiger partial charge >= 0.3 is 6.03 Å². The van der Waals surface area contributed by atoms with Crippen molar-refractivity contribution < 1.29 is 19.1 Å². The molecule has 4 amide bonds. The number of carbonyl (C=O) groups is 3. The van der Waals surface area contributed by atoms with Crippen LogP contribution in [-0.2, 0) is 14.3 Å². The van der Waals surface area contributed by atoms with E-state index in [9.17, 15) is 14.4 Å². The number of likely N-dealkylation sites (tertiary alicyclic amines) is 1. The molecule has 8 nitrogen and oxygen atoms in total. The molecule has 0 spiro atoms. The monoisotopic (exact) mass is 496 g/mol. The first-order valence-electron chi connectivity index (χ1n) is 13.8. The lowest BCUT2D eigenvalue weighted by atomic mass is 9.78. The summed E-state index contributed by atoms with van der Waals surface area (Å²) in [6.07, 6.45) is 6.06. The van der Waals surface area contributed by atoms with Gasteiger partial charge < -0.3 is 15.0 Å². The van der Waals surface area contributed by atoms with Crippen molar-refractivity contribution in [2.75, 3.05) is 52.5 Å². The van der Waals surface area contributed by atoms with Crippen molar-refractivity contribution in [1.82, 2.24) is 20.0 Å². The summed E-state index contributed by atoms with van der Waals surface area (Å²) in [6, 6.07) is 9.94. The van der Waals surface area contributed by atoms with Crippen LogP contribution >= 0.6 is 0 Å². The van der Waals surface area contributed by atoms with E-state index in [-0.39, 0.29) is 29.7 Å². The number of urea groups is 1. The number of benzene rings is 1. The van der Waals surface area contributed by atoms with Crippen molar-refractivity contribution in [3.05, 3.63) is 35.9 Å². The molecule has 4 aliphatic rings. The lowest BCUT2D eigenvalue weighted by Gasteiger charge is -2.40. The first-order valence-corrected chi connectivity index (χ1v) is 13.8. The molecule has 0 bridgehead atoms. The summed E-state index contributed by atoms with van der Waals surface area (Å²) >= 11 is 0. The van der Waals surface area contributed by atoms with Gasteiger partial charge in [-0.2, -0.15) is 0 Å². The average Bonchev–Trinajstić information content (AvgIpc) is 3.51. The molecule has 1 saturated carbocycles. The van der Waals surface area contributed by atoms with Crippen LogP contribution in [-0.4, -0.2) is 90.6 Å². The number of amides is 4. The average molecular weight is 497 g/mol. The zero-order valence-electron chi connectivity index (χ0n) is 21.5. The van der Waals surface area contributed by atoms with Crippen LogP contribution < -0.4 is 5.32 Å². The largest absolute Gasteiger partial charge is 0.379 e. The molecule has 1 aromatic carbocycles. The second kappa shape index (κ2) is 10.9. The molecule has 3 saturated heterocycles. The fourth-order valence-electron chi connectivity index (χ4n) is 6.70. The summed E-state index contributed by atoms with van der Waals surface area (Å²) in [5.74, 6) is 0.451. The molecule has 1 N–H and O–H groups in total. The summed E-state index contributed by atoms with van der Waals surface area (Å²) in [5, 5.41) is 3.02. The molecule has 1 aliphatic carbocycles. The molecular formula is C28H40N4O4. The molecule has 0 aromatic heterocycles. The first kappa shape index (κ1) is 25.2. The van der Waals surface area contributed by atoms with Gasteiger partial charge in [0.2, 0.25) is 5.91 Å². The molecule has 3 aliphatic heterocycles. The number of hydrogen-bond donors (Lipinski definition) is 1. The number of piperidine rings is 1. The normalized spacial score (nSPS) is 27.5. The summed E-state index contributed by atoms with van der Waals surface area (Å²) in [5.41, 5.74) is 0.222. The quantitative estimate of drug-likeness (QED) is 0.587. The third kappa shape index (κ3) is 5.02. The Bertz CT molecular complexity index is 936. The minimum Gasteiger partial charge on any atom is -0.379 e. The minimum atomic E-state index is -0.901. The van der Waals surface area contributed by atoms with Crippen LogP contribution in [0.1, 0.15) is 56.9 Å². The summed E-state index contributed by atoms with van der Waals surface area (Å²) in [7, 11) is 0. The molecule has 0 unspecified atom stereocenters. The van der Waals surface area contributed by atoms with Crippen LogP contribution in [0.3, 0.4) is 0 Å². The number of rotatable bonds is 7. The summed E-state index contributed by atoms with van der Waals surface area (Å²) in [6.45, 7) is 7.26. The summed E-state index contributed by atoms with van der Waals surface area (Å²) in [4.78, 5) is 45.6. The molecule has 196 valence electrons. The Morgan fingerprint density at radius 1 is 1.00 bits per heavy atom. The zero-order chi connectivity index (χ0) is 25.1. The van der Waals surface area contributed by atoms with Gasteiger partial charge in [0.1, 0.15) is 5.54 Å². The van der Waals surface area contributed by atoms with Gasteiger partial charge in [0.25, 0.3) is 5.91 Å². The van der Waals surface area contributed by atoms with Gasteiger partial charge in [-0.05, 0) is 50.0 Å². The fraction of sp³-hybridized carbons (Fsp3) is 0.679. The first-order chi connectivity index (χ1) is 17.5. The molecule has 5 rings (SSSR count). The Morgan fingerprint density at radius 2 is 1.67 bits per heavy atom. The van der Waals surface area contributed by atoms with Gasteiger partial charge in [0.05, 0.1) is 19.1 Å². The molecule has 4 fully saturated rings. The minimum absolute atomic E-state index is 0.0213. The van der Waals surface area contributed by atoms with Crippen molar-refractivity contribution in [2.45, 2.75) is 56.9 Å². The van der Waals surface area contributed by atoms with Gasteiger partial charge in [-0.3, -0.25) is 19.4 Å². The van der Waals surface area contributed by atoms with E-state index in [1.54, 1.807) is 0 Å². The maximum atomic E-state index is 13.8. The second-order valence-electron chi connectivity index (χ2n) is 11.1. The highest BCUT2D eigenvalue weighted by molar-refractivity contribution is 6.07. The Morgan fingerprint density at radius 3 is 2.33 bits per heavy atom. The highest BCUT2D eigenvalue weighted by Crippen LogP contribution is 2.40. The van der Waals surface area contributed by atoms with Crippen LogP contribution in [0.5, 0.6) is 0 Å². The fourth-order valence-corrected chi connectivity index (χ4v) is 6.70. The number of ether oxygens (including phenoxy) is 1. The Labute approximate surface area is 214 Å². The van der Waals surface area contributed by atoms with E-state index in [1.165, 1.54) is 17.7 Å². The third-order valence-corrected chi connectivity index (χ3v) is 8.96. The van der Waals surface area contributed by atoms with Crippen LogP contribution in [0.4, 0.5) is 4.79 Å². The standard InChI is InChI=1S/C28H40N4O4/c1-28(26(34)32(27(35)29-28)16-15-30-17-19-36-20-18-30)23-11-13-31(14-12-23)25(33)24(22-9-5-6-10-22)21-7-3-2-4-8-21/h2-4,7-8,22-24H,5-6,9-20H2,1H3,(H,29,35)/t24-,28-/m1/s1. The zero-order valence-corrected chi connectivity index (χ0v) is 21.5. The van der Waals surface area contributed by atoms with Gasteiger partial charge in [0, 0.05) is 39.3 Å².